The lowest BCUT2D eigenvalue weighted by molar-refractivity contribution is 0.0955. The van der Waals surface area contributed by atoms with Crippen LogP contribution in [0.4, 0.5) is 5.69 Å². The van der Waals surface area contributed by atoms with Gasteiger partial charge < -0.3 is 16.4 Å². The molecule has 4 N–H and O–H groups in total. The van der Waals surface area contributed by atoms with Crippen molar-refractivity contribution in [3.8, 4) is 0 Å². The van der Waals surface area contributed by atoms with Gasteiger partial charge in [0.1, 0.15) is 0 Å². The predicted molar refractivity (Wildman–Crippen MR) is 94.2 cm³/mol. The van der Waals surface area contributed by atoms with E-state index in [1.807, 2.05) is 13.0 Å². The Kier molecular flexibility index (Phi) is 5.90. The molecule has 0 aliphatic heterocycles. The number of aryl methyl sites for hydroxylation is 2. The van der Waals surface area contributed by atoms with Crippen LogP contribution in [0, 0.1) is 6.92 Å². The Hall–Kier alpha value is -2.18. The molecule has 0 unspecified atom stereocenters. The number of carbonyl (C=O) groups is 2. The molecule has 0 spiro atoms. The molecule has 0 saturated carbocycles. The lowest BCUT2D eigenvalue weighted by Gasteiger charge is -2.10. The van der Waals surface area contributed by atoms with Crippen LogP contribution in [0.3, 0.4) is 0 Å². The highest BCUT2D eigenvalue weighted by Gasteiger charge is 2.16. The third kappa shape index (κ3) is 4.18. The van der Waals surface area contributed by atoms with Gasteiger partial charge in [-0.1, -0.05) is 19.1 Å². The number of anilines is 1. The summed E-state index contributed by atoms with van der Waals surface area (Å²) < 4.78 is 0. The number of hydrogen-bond donors (Lipinski definition) is 3. The molecule has 1 heterocycles. The van der Waals surface area contributed by atoms with E-state index in [4.69, 9.17) is 5.73 Å². The van der Waals surface area contributed by atoms with Crippen molar-refractivity contribution in [3.63, 3.8) is 0 Å². The summed E-state index contributed by atoms with van der Waals surface area (Å²) in [7, 11) is 0. The quantitative estimate of drug-likeness (QED) is 0.760. The minimum absolute atomic E-state index is 0.197. The number of nitrogens with two attached hydrogens (primary N) is 1. The number of para-hydroxylation sites is 1. The highest BCUT2D eigenvalue weighted by molar-refractivity contribution is 7.14. The van der Waals surface area contributed by atoms with Crippen LogP contribution < -0.4 is 16.4 Å². The van der Waals surface area contributed by atoms with Crippen LogP contribution in [0.25, 0.3) is 0 Å². The van der Waals surface area contributed by atoms with E-state index in [1.165, 1.54) is 16.2 Å². The molecule has 23 heavy (non-hydrogen) atoms. The van der Waals surface area contributed by atoms with E-state index in [2.05, 4.69) is 17.6 Å². The van der Waals surface area contributed by atoms with Crippen molar-refractivity contribution in [1.82, 2.24) is 5.32 Å². The van der Waals surface area contributed by atoms with Gasteiger partial charge in [-0.2, -0.15) is 0 Å². The zero-order valence-electron chi connectivity index (χ0n) is 13.3. The summed E-state index contributed by atoms with van der Waals surface area (Å²) in [4.78, 5) is 26.4. The Balaban J connectivity index is 2.19. The summed E-state index contributed by atoms with van der Waals surface area (Å²) >= 11 is 1.49. The molecular weight excluding hydrogens is 310 g/mol. The average Bonchev–Trinajstić information content (AvgIpc) is 2.94. The molecule has 0 atom stereocenters. The molecule has 0 saturated heterocycles. The first-order valence-electron chi connectivity index (χ1n) is 7.54. The van der Waals surface area contributed by atoms with Gasteiger partial charge in [-0.25, -0.2) is 0 Å². The molecule has 0 aliphatic rings. The Labute approximate surface area is 139 Å². The highest BCUT2D eigenvalue weighted by atomic mass is 32.1. The fourth-order valence-corrected chi connectivity index (χ4v) is 3.25. The number of rotatable bonds is 6. The standard InChI is InChI=1S/C17H21N3O2S/c1-3-14-11(2)10-15(23-14)17(22)20-13-7-5-4-6-12(13)16(21)19-9-8-18/h4-7,10H,3,8-9,18H2,1-2H3,(H,19,21)(H,20,22). The molecule has 122 valence electrons. The van der Waals surface area contributed by atoms with Crippen molar-refractivity contribution in [3.05, 3.63) is 51.2 Å². The summed E-state index contributed by atoms with van der Waals surface area (Å²) in [5, 5.41) is 5.54. The minimum Gasteiger partial charge on any atom is -0.351 e. The second kappa shape index (κ2) is 7.89. The van der Waals surface area contributed by atoms with Gasteiger partial charge in [-0.3, -0.25) is 9.59 Å². The number of thiophene rings is 1. The smallest absolute Gasteiger partial charge is 0.265 e. The van der Waals surface area contributed by atoms with E-state index < -0.39 is 0 Å². The second-order valence-electron chi connectivity index (χ2n) is 5.11. The fourth-order valence-electron chi connectivity index (χ4n) is 2.24. The van der Waals surface area contributed by atoms with Crippen LogP contribution >= 0.6 is 11.3 Å². The van der Waals surface area contributed by atoms with Gasteiger partial charge in [-0.15, -0.1) is 11.3 Å². The van der Waals surface area contributed by atoms with Crippen molar-refractivity contribution in [2.75, 3.05) is 18.4 Å². The monoisotopic (exact) mass is 331 g/mol. The maximum absolute atomic E-state index is 12.4. The number of amides is 2. The Morgan fingerprint density at radius 2 is 1.96 bits per heavy atom. The second-order valence-corrected chi connectivity index (χ2v) is 6.25. The van der Waals surface area contributed by atoms with Crippen LogP contribution in [0.2, 0.25) is 0 Å². The molecular formula is C17H21N3O2S. The Morgan fingerprint density at radius 1 is 1.22 bits per heavy atom. The van der Waals surface area contributed by atoms with Gasteiger partial charge in [0.2, 0.25) is 0 Å². The summed E-state index contributed by atoms with van der Waals surface area (Å²) in [5.41, 5.74) is 7.44. The topological polar surface area (TPSA) is 84.2 Å². The van der Waals surface area contributed by atoms with Crippen LogP contribution in [0.1, 0.15) is 37.4 Å². The first-order chi connectivity index (χ1) is 11.1. The predicted octanol–water partition coefficient (Wildman–Crippen LogP) is 2.56. The van der Waals surface area contributed by atoms with Gasteiger partial charge in [-0.05, 0) is 37.1 Å². The Morgan fingerprint density at radius 3 is 2.61 bits per heavy atom. The van der Waals surface area contributed by atoms with Crippen LogP contribution in [0.5, 0.6) is 0 Å². The lowest BCUT2D eigenvalue weighted by atomic mass is 10.1. The minimum atomic E-state index is -0.247. The fraction of sp³-hybridized carbons (Fsp3) is 0.294. The zero-order valence-corrected chi connectivity index (χ0v) is 14.1. The molecule has 1 aromatic carbocycles. The molecule has 0 aliphatic carbocycles. The molecule has 0 radical (unpaired) electrons. The van der Waals surface area contributed by atoms with E-state index >= 15 is 0 Å². The molecule has 0 fully saturated rings. The van der Waals surface area contributed by atoms with E-state index in [0.29, 0.717) is 29.2 Å². The SMILES string of the molecule is CCc1sc(C(=O)Nc2ccccc2C(=O)NCCN)cc1C. The van der Waals surface area contributed by atoms with Crippen molar-refractivity contribution in [2.24, 2.45) is 5.73 Å². The van der Waals surface area contributed by atoms with Gasteiger partial charge in [0.15, 0.2) is 0 Å². The molecule has 5 nitrogen and oxygen atoms in total. The summed E-state index contributed by atoms with van der Waals surface area (Å²) in [6.45, 7) is 4.83. The maximum Gasteiger partial charge on any atom is 0.265 e. The average molecular weight is 331 g/mol. The van der Waals surface area contributed by atoms with Gasteiger partial charge in [0.25, 0.3) is 11.8 Å². The molecule has 0 bridgehead atoms. The number of carbonyl (C=O) groups excluding carboxylic acids is 2. The third-order valence-corrected chi connectivity index (χ3v) is 4.80. The molecule has 1 aromatic heterocycles. The van der Waals surface area contributed by atoms with Crippen molar-refractivity contribution < 1.29 is 9.59 Å². The van der Waals surface area contributed by atoms with Gasteiger partial charge in [0, 0.05) is 18.0 Å². The zero-order chi connectivity index (χ0) is 16.8. The summed E-state index contributed by atoms with van der Waals surface area (Å²) in [6, 6.07) is 8.83. The Bertz CT molecular complexity index is 710. The number of nitrogens with one attached hydrogen (secondary N) is 2. The molecule has 6 heteroatoms. The normalized spacial score (nSPS) is 10.4. The van der Waals surface area contributed by atoms with Crippen LogP contribution in [-0.2, 0) is 6.42 Å². The molecule has 2 amide bonds. The molecule has 2 aromatic rings. The highest BCUT2D eigenvalue weighted by Crippen LogP contribution is 2.24. The van der Waals surface area contributed by atoms with Crippen molar-refractivity contribution in [1.29, 1.82) is 0 Å². The first kappa shape index (κ1) is 17.2. The van der Waals surface area contributed by atoms with E-state index in [9.17, 15) is 9.59 Å². The van der Waals surface area contributed by atoms with Crippen LogP contribution in [0.15, 0.2) is 30.3 Å². The van der Waals surface area contributed by atoms with Crippen molar-refractivity contribution >= 4 is 28.8 Å². The maximum atomic E-state index is 12.4. The lowest BCUT2D eigenvalue weighted by Crippen LogP contribution is -2.29. The third-order valence-electron chi connectivity index (χ3n) is 3.42. The van der Waals surface area contributed by atoms with Gasteiger partial charge >= 0.3 is 0 Å². The largest absolute Gasteiger partial charge is 0.351 e. The number of hydrogen-bond acceptors (Lipinski definition) is 4. The summed E-state index contributed by atoms with van der Waals surface area (Å²) in [5.74, 6) is -0.445. The van der Waals surface area contributed by atoms with E-state index in [1.54, 1.807) is 24.3 Å². The van der Waals surface area contributed by atoms with Gasteiger partial charge in [0.05, 0.1) is 16.1 Å². The van der Waals surface area contributed by atoms with E-state index in [0.717, 1.165) is 12.0 Å². The number of benzene rings is 1. The van der Waals surface area contributed by atoms with E-state index in [-0.39, 0.29) is 11.8 Å². The van der Waals surface area contributed by atoms with Crippen LogP contribution in [-0.4, -0.2) is 24.9 Å². The first-order valence-corrected chi connectivity index (χ1v) is 8.36. The summed E-state index contributed by atoms with van der Waals surface area (Å²) in [6.07, 6.45) is 0.905. The van der Waals surface area contributed by atoms with Crippen molar-refractivity contribution in [2.45, 2.75) is 20.3 Å². The molecule has 2 rings (SSSR count).